The van der Waals surface area contributed by atoms with Gasteiger partial charge in [-0.1, -0.05) is 6.92 Å². The normalized spacial score (nSPS) is 19.1. The van der Waals surface area contributed by atoms with Crippen LogP contribution in [0.3, 0.4) is 0 Å². The van der Waals surface area contributed by atoms with Gasteiger partial charge in [0, 0.05) is 33.2 Å². The lowest BCUT2D eigenvalue weighted by Crippen LogP contribution is -2.47. The van der Waals surface area contributed by atoms with Crippen LogP contribution in [0.4, 0.5) is 13.2 Å². The zero-order valence-corrected chi connectivity index (χ0v) is 16.9. The molecule has 1 unspecified atom stereocenters. The highest BCUT2D eigenvalue weighted by atomic mass is 32.2. The number of thiophene rings is 1. The maximum atomic E-state index is 12.6. The molecule has 1 fully saturated rings. The Morgan fingerprint density at radius 1 is 1.37 bits per heavy atom. The molecule has 27 heavy (non-hydrogen) atoms. The Bertz CT molecular complexity index is 713. The minimum Gasteiger partial charge on any atom is -0.356 e. The third kappa shape index (κ3) is 5.82. The van der Waals surface area contributed by atoms with Crippen molar-refractivity contribution in [1.29, 1.82) is 0 Å². The highest BCUT2D eigenvalue weighted by Crippen LogP contribution is 2.30. The molecule has 0 bridgehead atoms. The van der Waals surface area contributed by atoms with Gasteiger partial charge in [0.05, 0.1) is 0 Å². The Morgan fingerprint density at radius 2 is 2.04 bits per heavy atom. The number of hydrogen-bond acceptors (Lipinski definition) is 4. The fourth-order valence-electron chi connectivity index (χ4n) is 2.88. The van der Waals surface area contributed by atoms with Crippen LogP contribution in [0.25, 0.3) is 0 Å². The Labute approximate surface area is 161 Å². The summed E-state index contributed by atoms with van der Waals surface area (Å²) < 4.78 is 61.2. The topological polar surface area (TPSA) is 73.8 Å². The van der Waals surface area contributed by atoms with E-state index in [0.717, 1.165) is 0 Å². The minimum atomic E-state index is -5.23. The molecular formula is C16H25F3N4O2S2. The van der Waals surface area contributed by atoms with Gasteiger partial charge in [0.1, 0.15) is 0 Å². The summed E-state index contributed by atoms with van der Waals surface area (Å²) in [5, 5.41) is 10.5. The van der Waals surface area contributed by atoms with Gasteiger partial charge in [-0.05, 0) is 47.1 Å². The first-order valence-corrected chi connectivity index (χ1v) is 11.1. The summed E-state index contributed by atoms with van der Waals surface area (Å²) in [6, 6.07) is 2.08. The quantitative estimate of drug-likeness (QED) is 0.542. The number of hydrogen-bond donors (Lipinski definition) is 2. The average Bonchev–Trinajstić information content (AvgIpc) is 3.16. The van der Waals surface area contributed by atoms with E-state index in [0.29, 0.717) is 42.1 Å². The second-order valence-corrected chi connectivity index (χ2v) is 9.29. The van der Waals surface area contributed by atoms with Crippen LogP contribution in [0.5, 0.6) is 0 Å². The fourth-order valence-corrected chi connectivity index (χ4v) is 4.65. The smallest absolute Gasteiger partial charge is 0.356 e. The van der Waals surface area contributed by atoms with Crippen molar-refractivity contribution in [2.75, 3.05) is 33.2 Å². The zero-order chi connectivity index (χ0) is 20.1. The van der Waals surface area contributed by atoms with Crippen molar-refractivity contribution in [1.82, 2.24) is 14.9 Å². The first kappa shape index (κ1) is 22.0. The molecule has 11 heteroatoms. The van der Waals surface area contributed by atoms with Gasteiger partial charge in [0.2, 0.25) is 0 Å². The van der Waals surface area contributed by atoms with Crippen LogP contribution in [-0.4, -0.2) is 57.4 Å². The van der Waals surface area contributed by atoms with E-state index in [-0.39, 0.29) is 19.0 Å². The van der Waals surface area contributed by atoms with Gasteiger partial charge in [-0.3, -0.25) is 4.99 Å². The molecule has 0 saturated carbocycles. The maximum absolute atomic E-state index is 12.6. The van der Waals surface area contributed by atoms with E-state index in [4.69, 9.17) is 0 Å². The van der Waals surface area contributed by atoms with Crippen molar-refractivity contribution in [3.63, 3.8) is 0 Å². The SMILES string of the molecule is CN=C(NCC1CCN(S(=O)(=O)C(F)(F)F)CC1)NCC(C)c1ccsc1. The van der Waals surface area contributed by atoms with Crippen LogP contribution in [0.1, 0.15) is 31.2 Å². The van der Waals surface area contributed by atoms with E-state index in [1.54, 1.807) is 18.4 Å². The third-order valence-electron chi connectivity index (χ3n) is 4.68. The van der Waals surface area contributed by atoms with Gasteiger partial charge >= 0.3 is 15.5 Å². The highest BCUT2D eigenvalue weighted by Gasteiger charge is 2.50. The van der Waals surface area contributed by atoms with Gasteiger partial charge < -0.3 is 10.6 Å². The Morgan fingerprint density at radius 3 is 2.56 bits per heavy atom. The second kappa shape index (κ2) is 9.24. The maximum Gasteiger partial charge on any atom is 0.511 e. The molecule has 6 nitrogen and oxygen atoms in total. The third-order valence-corrected chi connectivity index (χ3v) is 7.01. The van der Waals surface area contributed by atoms with E-state index >= 15 is 0 Å². The molecule has 2 heterocycles. The number of nitrogens with one attached hydrogen (secondary N) is 2. The van der Waals surface area contributed by atoms with E-state index in [1.807, 2.05) is 5.38 Å². The molecule has 1 aromatic rings. The van der Waals surface area contributed by atoms with Crippen LogP contribution in [-0.2, 0) is 10.0 Å². The summed E-state index contributed by atoms with van der Waals surface area (Å²) in [5.74, 6) is 1.05. The first-order valence-electron chi connectivity index (χ1n) is 8.68. The van der Waals surface area contributed by atoms with Gasteiger partial charge in [0.25, 0.3) is 0 Å². The molecule has 2 rings (SSSR count). The standard InChI is InChI=1S/C16H25F3N4O2S2/c1-12(14-5-8-26-11-14)9-21-15(20-2)22-10-13-3-6-23(7-4-13)27(24,25)16(17,18)19/h5,8,11-13H,3-4,6-7,9-10H2,1-2H3,(H2,20,21,22). The van der Waals surface area contributed by atoms with E-state index in [2.05, 4.69) is 34.0 Å². The Hall–Kier alpha value is -1.33. The van der Waals surface area contributed by atoms with Crippen LogP contribution in [0.2, 0.25) is 0 Å². The molecule has 0 amide bonds. The molecule has 0 aromatic carbocycles. The van der Waals surface area contributed by atoms with Crippen molar-refractivity contribution in [3.8, 4) is 0 Å². The highest BCUT2D eigenvalue weighted by molar-refractivity contribution is 7.90. The summed E-state index contributed by atoms with van der Waals surface area (Å²) in [7, 11) is -3.57. The number of alkyl halides is 3. The lowest BCUT2D eigenvalue weighted by Gasteiger charge is -2.31. The molecule has 0 radical (unpaired) electrons. The summed E-state index contributed by atoms with van der Waals surface area (Å²) in [6.45, 7) is 3.12. The molecule has 154 valence electrons. The van der Waals surface area contributed by atoms with Gasteiger partial charge in [-0.2, -0.15) is 28.8 Å². The second-order valence-electron chi connectivity index (χ2n) is 6.58. The van der Waals surface area contributed by atoms with Gasteiger partial charge in [0.15, 0.2) is 5.96 Å². The van der Waals surface area contributed by atoms with Crippen molar-refractivity contribution in [2.45, 2.75) is 31.2 Å². The zero-order valence-electron chi connectivity index (χ0n) is 15.3. The van der Waals surface area contributed by atoms with E-state index in [1.165, 1.54) is 5.56 Å². The van der Waals surface area contributed by atoms with E-state index < -0.39 is 15.5 Å². The predicted molar refractivity (Wildman–Crippen MR) is 101 cm³/mol. The van der Waals surface area contributed by atoms with Gasteiger partial charge in [-0.25, -0.2) is 8.42 Å². The Balaban J connectivity index is 1.75. The molecule has 1 aromatic heterocycles. The van der Waals surface area contributed by atoms with Crippen molar-refractivity contribution in [3.05, 3.63) is 22.4 Å². The molecule has 0 aliphatic carbocycles. The summed E-state index contributed by atoms with van der Waals surface area (Å²) in [6.07, 6.45) is 0.759. The number of sulfonamides is 1. The molecule has 1 aliphatic rings. The fraction of sp³-hybridized carbons (Fsp3) is 0.688. The molecule has 1 saturated heterocycles. The molecule has 2 N–H and O–H groups in total. The number of guanidine groups is 1. The van der Waals surface area contributed by atoms with Crippen LogP contribution in [0, 0.1) is 5.92 Å². The Kier molecular flexibility index (Phi) is 7.52. The monoisotopic (exact) mass is 426 g/mol. The number of halogens is 3. The van der Waals surface area contributed by atoms with Crippen LogP contribution >= 0.6 is 11.3 Å². The number of piperidine rings is 1. The summed E-state index contributed by atoms with van der Waals surface area (Å²) in [5.41, 5.74) is -3.98. The molecule has 1 atom stereocenters. The minimum absolute atomic E-state index is 0.0949. The lowest BCUT2D eigenvalue weighted by atomic mass is 9.98. The summed E-state index contributed by atoms with van der Waals surface area (Å²) in [4.78, 5) is 4.15. The average molecular weight is 427 g/mol. The van der Waals surface area contributed by atoms with Crippen LogP contribution < -0.4 is 10.6 Å². The van der Waals surface area contributed by atoms with Crippen molar-refractivity contribution in [2.24, 2.45) is 10.9 Å². The van der Waals surface area contributed by atoms with E-state index in [9.17, 15) is 21.6 Å². The first-order chi connectivity index (χ1) is 12.6. The number of aliphatic imine (C=N–C) groups is 1. The number of nitrogens with zero attached hydrogens (tertiary/aromatic N) is 2. The summed E-state index contributed by atoms with van der Waals surface area (Å²) >= 11 is 1.65. The van der Waals surface area contributed by atoms with Gasteiger partial charge in [-0.15, -0.1) is 0 Å². The number of rotatable bonds is 6. The molecule has 1 aliphatic heterocycles. The van der Waals surface area contributed by atoms with Crippen molar-refractivity contribution >= 4 is 27.3 Å². The molecular weight excluding hydrogens is 401 g/mol. The van der Waals surface area contributed by atoms with Crippen molar-refractivity contribution < 1.29 is 21.6 Å². The largest absolute Gasteiger partial charge is 0.511 e. The van der Waals surface area contributed by atoms with Crippen LogP contribution in [0.15, 0.2) is 21.8 Å². The lowest BCUT2D eigenvalue weighted by molar-refractivity contribution is -0.0496. The predicted octanol–water partition coefficient (Wildman–Crippen LogP) is 2.58. The molecule has 0 spiro atoms.